The molecule has 3 heterocycles. The highest BCUT2D eigenvalue weighted by Gasteiger charge is 2.31. The highest BCUT2D eigenvalue weighted by Crippen LogP contribution is 2.18. The second-order valence-corrected chi connectivity index (χ2v) is 8.74. The van der Waals surface area contributed by atoms with E-state index in [2.05, 4.69) is 20.4 Å². The summed E-state index contributed by atoms with van der Waals surface area (Å²) in [5.74, 6) is -1.59. The van der Waals surface area contributed by atoms with Gasteiger partial charge in [-0.3, -0.25) is 14.4 Å². The van der Waals surface area contributed by atoms with Gasteiger partial charge in [0.05, 0.1) is 19.7 Å². The van der Waals surface area contributed by atoms with Crippen LogP contribution < -0.4 is 5.32 Å². The fourth-order valence-corrected chi connectivity index (χ4v) is 4.02. The smallest absolute Gasteiger partial charge is 0.481 e. The van der Waals surface area contributed by atoms with Crippen LogP contribution in [0, 0.1) is 0 Å². The second-order valence-electron chi connectivity index (χ2n) is 8.74. The summed E-state index contributed by atoms with van der Waals surface area (Å²) in [7, 11) is 0. The first kappa shape index (κ1) is 28.2. The van der Waals surface area contributed by atoms with Crippen LogP contribution in [0.4, 0.5) is 4.79 Å². The van der Waals surface area contributed by atoms with Gasteiger partial charge >= 0.3 is 12.1 Å². The van der Waals surface area contributed by atoms with Crippen molar-refractivity contribution in [2.45, 2.75) is 25.8 Å². The molecule has 3 aromatic rings. The zero-order valence-corrected chi connectivity index (χ0v) is 21.8. The van der Waals surface area contributed by atoms with Crippen molar-refractivity contribution in [1.29, 1.82) is 0 Å². The number of rotatable bonds is 10. The molecular weight excluding hydrogens is 522 g/mol. The molecule has 14 nitrogen and oxygen atoms in total. The van der Waals surface area contributed by atoms with Gasteiger partial charge in [0.25, 0.3) is 5.91 Å². The lowest BCUT2D eigenvalue weighted by molar-refractivity contribution is -0.157. The number of piperazine rings is 1. The fraction of sp³-hybridized carbons (Fsp3) is 0.346. The number of hydroxylamine groups is 2. The number of carbonyl (C=O) groups is 4. The highest BCUT2D eigenvalue weighted by molar-refractivity contribution is 5.97. The first-order chi connectivity index (χ1) is 19.3. The number of carbonyl (C=O) groups excluding carboxylic acids is 3. The van der Waals surface area contributed by atoms with Crippen LogP contribution in [-0.4, -0.2) is 97.6 Å². The number of carboxylic acids is 1. The molecule has 2 amide bonds. The monoisotopic (exact) mass is 551 g/mol. The van der Waals surface area contributed by atoms with Gasteiger partial charge in [0.2, 0.25) is 5.91 Å². The maximum Gasteiger partial charge on any atom is 0.527 e. The first-order valence-electron chi connectivity index (χ1n) is 12.7. The molecule has 2 aromatic heterocycles. The van der Waals surface area contributed by atoms with E-state index in [1.807, 2.05) is 18.2 Å². The number of amides is 2. The third-order valence-corrected chi connectivity index (χ3v) is 5.98. The Balaban J connectivity index is 1.52. The number of benzene rings is 1. The number of nitrogens with one attached hydrogen (secondary N) is 1. The van der Waals surface area contributed by atoms with E-state index in [1.165, 1.54) is 20.7 Å². The summed E-state index contributed by atoms with van der Waals surface area (Å²) in [5, 5.41) is 17.5. The molecular formula is C26H29N7O7. The van der Waals surface area contributed by atoms with Gasteiger partial charge in [-0.15, -0.1) is 5.06 Å². The summed E-state index contributed by atoms with van der Waals surface area (Å²) >= 11 is 0. The van der Waals surface area contributed by atoms with Gasteiger partial charge < -0.3 is 24.9 Å². The standard InChI is InChI=1S/C26H29N7O7/c1-2-39-26(38)40-32-15-13-31(14-16-32)25(37)19(9-10-22(34)35)29-24(36)20-17-21(33-12-6-11-27-33)30-23(28-20)18-7-4-3-5-8-18/h3-8,11-12,17,19H,2,9-10,13-16H2,1H3,(H,29,36)(H,34,35)/t19-/m0/s1. The van der Waals surface area contributed by atoms with Gasteiger partial charge in [0, 0.05) is 43.5 Å². The molecule has 1 aromatic carbocycles. The second kappa shape index (κ2) is 13.3. The van der Waals surface area contributed by atoms with Crippen molar-refractivity contribution in [3.8, 4) is 17.2 Å². The predicted octanol–water partition coefficient (Wildman–Crippen LogP) is 1.52. The van der Waals surface area contributed by atoms with E-state index in [4.69, 9.17) is 9.57 Å². The fourth-order valence-electron chi connectivity index (χ4n) is 4.02. The average molecular weight is 552 g/mol. The van der Waals surface area contributed by atoms with Crippen LogP contribution in [0.1, 0.15) is 30.3 Å². The number of hydrogen-bond donors (Lipinski definition) is 2. The third-order valence-electron chi connectivity index (χ3n) is 5.98. The van der Waals surface area contributed by atoms with E-state index >= 15 is 0 Å². The number of carboxylic acid groups (broad SMARTS) is 1. The zero-order valence-electron chi connectivity index (χ0n) is 21.8. The van der Waals surface area contributed by atoms with Crippen molar-refractivity contribution >= 4 is 23.9 Å². The SMILES string of the molecule is CCOC(=O)ON1CCN(C(=O)[C@H](CCC(=O)O)NC(=O)c2cc(-n3cccn3)nc(-c3ccccc3)n2)CC1. The van der Waals surface area contributed by atoms with Crippen molar-refractivity contribution in [3.05, 3.63) is 60.6 Å². The van der Waals surface area contributed by atoms with Gasteiger partial charge in [-0.25, -0.2) is 19.4 Å². The van der Waals surface area contributed by atoms with Crippen LogP contribution in [0.2, 0.25) is 0 Å². The number of hydrogen-bond acceptors (Lipinski definition) is 10. The summed E-state index contributed by atoms with van der Waals surface area (Å²) in [6.45, 7) is 2.68. The molecule has 0 aliphatic carbocycles. The van der Waals surface area contributed by atoms with Crippen LogP contribution in [0.15, 0.2) is 54.9 Å². The van der Waals surface area contributed by atoms with E-state index in [0.29, 0.717) is 11.4 Å². The predicted molar refractivity (Wildman–Crippen MR) is 139 cm³/mol. The summed E-state index contributed by atoms with van der Waals surface area (Å²) in [6.07, 6.45) is 1.95. The molecule has 1 saturated heterocycles. The molecule has 14 heteroatoms. The van der Waals surface area contributed by atoms with Crippen molar-refractivity contribution < 1.29 is 33.9 Å². The quantitative estimate of drug-likeness (QED) is 0.350. The summed E-state index contributed by atoms with van der Waals surface area (Å²) in [5.41, 5.74) is 0.659. The van der Waals surface area contributed by atoms with Gasteiger partial charge in [0.15, 0.2) is 11.6 Å². The Morgan fingerprint density at radius 2 is 1.80 bits per heavy atom. The molecule has 0 unspecified atom stereocenters. The summed E-state index contributed by atoms with van der Waals surface area (Å²) < 4.78 is 6.25. The van der Waals surface area contributed by atoms with Crippen LogP contribution in [0.3, 0.4) is 0 Å². The Morgan fingerprint density at radius 3 is 2.45 bits per heavy atom. The molecule has 40 heavy (non-hydrogen) atoms. The maximum absolute atomic E-state index is 13.4. The van der Waals surface area contributed by atoms with Crippen molar-refractivity contribution in [2.75, 3.05) is 32.8 Å². The van der Waals surface area contributed by atoms with Crippen LogP contribution in [0.25, 0.3) is 17.2 Å². The maximum atomic E-state index is 13.4. The van der Waals surface area contributed by atoms with Gasteiger partial charge in [-0.1, -0.05) is 30.3 Å². The van der Waals surface area contributed by atoms with E-state index in [1.54, 1.807) is 37.5 Å². The molecule has 0 bridgehead atoms. The molecule has 1 fully saturated rings. The number of nitrogens with zero attached hydrogens (tertiary/aromatic N) is 6. The molecule has 1 aliphatic rings. The lowest BCUT2D eigenvalue weighted by atomic mass is 10.1. The largest absolute Gasteiger partial charge is 0.527 e. The zero-order chi connectivity index (χ0) is 28.5. The molecule has 210 valence electrons. The summed E-state index contributed by atoms with van der Waals surface area (Å²) in [6, 6.07) is 11.1. The topological polar surface area (TPSA) is 169 Å². The third kappa shape index (κ3) is 7.38. The van der Waals surface area contributed by atoms with E-state index in [0.717, 1.165) is 0 Å². The highest BCUT2D eigenvalue weighted by atomic mass is 16.8. The van der Waals surface area contributed by atoms with Crippen molar-refractivity contribution in [1.82, 2.24) is 35.0 Å². The van der Waals surface area contributed by atoms with Crippen molar-refractivity contribution in [2.24, 2.45) is 0 Å². The molecule has 1 aliphatic heterocycles. The Morgan fingerprint density at radius 1 is 1.05 bits per heavy atom. The molecule has 2 N–H and O–H groups in total. The van der Waals surface area contributed by atoms with Crippen LogP contribution >= 0.6 is 0 Å². The molecule has 0 radical (unpaired) electrons. The van der Waals surface area contributed by atoms with E-state index < -0.39 is 30.0 Å². The van der Waals surface area contributed by atoms with Crippen molar-refractivity contribution in [3.63, 3.8) is 0 Å². The molecule has 0 saturated carbocycles. The number of ether oxygens (including phenoxy) is 1. The molecule has 1 atom stereocenters. The Kier molecular flexibility index (Phi) is 9.35. The van der Waals surface area contributed by atoms with E-state index in [9.17, 15) is 24.3 Å². The lowest BCUT2D eigenvalue weighted by Gasteiger charge is -2.35. The van der Waals surface area contributed by atoms with Gasteiger partial charge in [-0.2, -0.15) is 5.10 Å². The van der Waals surface area contributed by atoms with Crippen LogP contribution in [0.5, 0.6) is 0 Å². The number of aliphatic carboxylic acids is 1. The summed E-state index contributed by atoms with van der Waals surface area (Å²) in [4.78, 5) is 65.1. The molecule has 4 rings (SSSR count). The minimum absolute atomic E-state index is 0.0138. The minimum atomic E-state index is -1.12. The normalized spacial score (nSPS) is 14.3. The Bertz CT molecular complexity index is 1330. The van der Waals surface area contributed by atoms with Gasteiger partial charge in [0.1, 0.15) is 11.7 Å². The van der Waals surface area contributed by atoms with Gasteiger partial charge in [-0.05, 0) is 19.4 Å². The van der Waals surface area contributed by atoms with Crippen LogP contribution in [-0.2, 0) is 19.2 Å². The van der Waals surface area contributed by atoms with E-state index in [-0.39, 0.29) is 57.1 Å². The first-order valence-corrected chi connectivity index (χ1v) is 12.7. The number of aromatic nitrogens is 4. The lowest BCUT2D eigenvalue weighted by Crippen LogP contribution is -2.55. The molecule has 0 spiro atoms. The Hall–Kier alpha value is -4.85. The average Bonchev–Trinajstić information content (AvgIpc) is 3.51. The minimum Gasteiger partial charge on any atom is -0.481 e. The Labute approximate surface area is 229 Å².